The van der Waals surface area contributed by atoms with Crippen LogP contribution in [0.3, 0.4) is 0 Å². The minimum atomic E-state index is 1.02. The average Bonchev–Trinajstić information content (AvgIpc) is 2.30. The minimum absolute atomic E-state index is 1.02. The first kappa shape index (κ1) is 6.85. The molecule has 3 heteroatoms. The average molecular weight is 211 g/mol. The highest BCUT2D eigenvalue weighted by atomic mass is 79.9. The number of pyridine rings is 1. The molecule has 0 saturated heterocycles. The summed E-state index contributed by atoms with van der Waals surface area (Å²) in [6, 6.07) is 6.00. The Morgan fingerprint density at radius 2 is 2.27 bits per heavy atom. The van der Waals surface area contributed by atoms with Crippen LogP contribution >= 0.6 is 15.9 Å². The second-order valence-corrected chi connectivity index (χ2v) is 3.22. The summed E-state index contributed by atoms with van der Waals surface area (Å²) in [5.41, 5.74) is 2.14. The van der Waals surface area contributed by atoms with Crippen LogP contribution in [0.1, 0.15) is 5.69 Å². The molecule has 2 aromatic heterocycles. The van der Waals surface area contributed by atoms with Gasteiger partial charge in [0.15, 0.2) is 0 Å². The highest BCUT2D eigenvalue weighted by Crippen LogP contribution is 2.20. The molecule has 2 nitrogen and oxygen atoms in total. The van der Waals surface area contributed by atoms with E-state index in [9.17, 15) is 0 Å². The van der Waals surface area contributed by atoms with Crippen molar-refractivity contribution in [2.24, 2.45) is 0 Å². The first-order valence-corrected chi connectivity index (χ1v) is 4.18. The molecule has 0 N–H and O–H groups in total. The van der Waals surface area contributed by atoms with E-state index in [-0.39, 0.29) is 0 Å². The summed E-state index contributed by atoms with van der Waals surface area (Å²) in [7, 11) is 0. The van der Waals surface area contributed by atoms with Gasteiger partial charge in [-0.05, 0) is 35.0 Å². The van der Waals surface area contributed by atoms with Gasteiger partial charge in [0, 0.05) is 6.20 Å². The van der Waals surface area contributed by atoms with E-state index in [0.29, 0.717) is 0 Å². The van der Waals surface area contributed by atoms with Crippen LogP contribution in [0.15, 0.2) is 28.9 Å². The Balaban J connectivity index is 2.92. The summed E-state index contributed by atoms with van der Waals surface area (Å²) in [6.07, 6.45) is 1.94. The van der Waals surface area contributed by atoms with E-state index >= 15 is 0 Å². The van der Waals surface area contributed by atoms with Crippen LogP contribution in [0.2, 0.25) is 0 Å². The molecular formula is C8H7BrN2. The van der Waals surface area contributed by atoms with Crippen molar-refractivity contribution in [1.29, 1.82) is 0 Å². The third kappa shape index (κ3) is 0.959. The molecule has 2 heterocycles. The summed E-state index contributed by atoms with van der Waals surface area (Å²) < 4.78 is 2.94. The van der Waals surface area contributed by atoms with E-state index in [4.69, 9.17) is 0 Å². The van der Waals surface area contributed by atoms with Crippen molar-refractivity contribution in [3.8, 4) is 0 Å². The smallest absolute Gasteiger partial charge is 0.0806 e. The summed E-state index contributed by atoms with van der Waals surface area (Å²) >= 11 is 3.47. The lowest BCUT2D eigenvalue weighted by atomic mass is 10.4. The normalized spacial score (nSPS) is 10.7. The van der Waals surface area contributed by atoms with Crippen LogP contribution in [0, 0.1) is 6.92 Å². The van der Waals surface area contributed by atoms with Crippen molar-refractivity contribution in [2.75, 3.05) is 0 Å². The maximum atomic E-state index is 4.28. The van der Waals surface area contributed by atoms with Crippen LogP contribution < -0.4 is 0 Å². The van der Waals surface area contributed by atoms with Gasteiger partial charge in [0.2, 0.25) is 0 Å². The molecule has 0 unspecified atom stereocenters. The summed E-state index contributed by atoms with van der Waals surface area (Å²) in [6.45, 7) is 1.98. The molecule has 0 amide bonds. The van der Waals surface area contributed by atoms with Gasteiger partial charge in [-0.2, -0.15) is 5.10 Å². The van der Waals surface area contributed by atoms with Gasteiger partial charge in [-0.1, -0.05) is 6.07 Å². The van der Waals surface area contributed by atoms with Gasteiger partial charge < -0.3 is 0 Å². The maximum Gasteiger partial charge on any atom is 0.0806 e. The summed E-state index contributed by atoms with van der Waals surface area (Å²) in [4.78, 5) is 0. The molecule has 0 bridgehead atoms. The van der Waals surface area contributed by atoms with Crippen LogP contribution in [-0.4, -0.2) is 9.61 Å². The predicted molar refractivity (Wildman–Crippen MR) is 47.6 cm³/mol. The van der Waals surface area contributed by atoms with Crippen LogP contribution in [0.4, 0.5) is 0 Å². The number of aromatic nitrogens is 2. The molecule has 56 valence electrons. The number of hydrogen-bond acceptors (Lipinski definition) is 1. The minimum Gasteiger partial charge on any atom is -0.240 e. The van der Waals surface area contributed by atoms with E-state index in [1.165, 1.54) is 0 Å². The zero-order valence-corrected chi connectivity index (χ0v) is 7.67. The lowest BCUT2D eigenvalue weighted by Gasteiger charge is -1.88. The Morgan fingerprint density at radius 1 is 1.45 bits per heavy atom. The van der Waals surface area contributed by atoms with Gasteiger partial charge in [-0.3, -0.25) is 0 Å². The van der Waals surface area contributed by atoms with Gasteiger partial charge in [0.05, 0.1) is 15.7 Å². The fourth-order valence-electron chi connectivity index (χ4n) is 1.09. The maximum absolute atomic E-state index is 4.28. The molecule has 0 saturated carbocycles. The van der Waals surface area contributed by atoms with Crippen molar-refractivity contribution in [3.63, 3.8) is 0 Å². The first-order valence-electron chi connectivity index (χ1n) is 3.38. The predicted octanol–water partition coefficient (Wildman–Crippen LogP) is 2.41. The molecule has 0 atom stereocenters. The van der Waals surface area contributed by atoms with Gasteiger partial charge in [0.1, 0.15) is 0 Å². The zero-order chi connectivity index (χ0) is 7.84. The third-order valence-corrected chi connectivity index (χ3v) is 2.62. The molecule has 0 fully saturated rings. The largest absolute Gasteiger partial charge is 0.240 e. The molecule has 0 spiro atoms. The number of aryl methyl sites for hydroxylation is 1. The van der Waals surface area contributed by atoms with Crippen LogP contribution in [-0.2, 0) is 0 Å². The number of nitrogens with zero attached hydrogens (tertiary/aromatic N) is 2. The van der Waals surface area contributed by atoms with Crippen molar-refractivity contribution in [2.45, 2.75) is 6.92 Å². The van der Waals surface area contributed by atoms with Crippen molar-refractivity contribution >= 4 is 21.4 Å². The van der Waals surface area contributed by atoms with Gasteiger partial charge in [-0.15, -0.1) is 0 Å². The molecule has 0 radical (unpaired) electrons. The van der Waals surface area contributed by atoms with E-state index < -0.39 is 0 Å². The second-order valence-electron chi connectivity index (χ2n) is 2.43. The molecule has 2 rings (SSSR count). The van der Waals surface area contributed by atoms with Gasteiger partial charge in [0.25, 0.3) is 0 Å². The summed E-state index contributed by atoms with van der Waals surface area (Å²) in [5, 5.41) is 4.28. The molecule has 0 aliphatic carbocycles. The van der Waals surface area contributed by atoms with E-state index in [1.54, 1.807) is 0 Å². The molecule has 11 heavy (non-hydrogen) atoms. The van der Waals surface area contributed by atoms with Gasteiger partial charge in [-0.25, -0.2) is 4.52 Å². The second kappa shape index (κ2) is 2.34. The highest BCUT2D eigenvalue weighted by molar-refractivity contribution is 9.10. The Kier molecular flexibility index (Phi) is 1.46. The van der Waals surface area contributed by atoms with Crippen LogP contribution in [0.5, 0.6) is 0 Å². The quantitative estimate of drug-likeness (QED) is 0.653. The van der Waals surface area contributed by atoms with E-state index in [1.807, 2.05) is 35.8 Å². The van der Waals surface area contributed by atoms with E-state index in [0.717, 1.165) is 15.7 Å². The fourth-order valence-corrected chi connectivity index (χ4v) is 1.48. The number of halogens is 1. The lowest BCUT2D eigenvalue weighted by Crippen LogP contribution is -1.83. The zero-order valence-electron chi connectivity index (χ0n) is 6.08. The standard InChI is InChI=1S/C8H7BrN2/c1-6-8(9)7-4-2-3-5-11(7)10-6/h2-5H,1H3. The van der Waals surface area contributed by atoms with E-state index in [2.05, 4.69) is 21.0 Å². The number of hydrogen-bond donors (Lipinski definition) is 0. The molecule has 0 aliphatic rings. The fraction of sp³-hybridized carbons (Fsp3) is 0.125. The molecule has 0 aromatic carbocycles. The monoisotopic (exact) mass is 210 g/mol. The topological polar surface area (TPSA) is 17.3 Å². The molecular weight excluding hydrogens is 204 g/mol. The highest BCUT2D eigenvalue weighted by Gasteiger charge is 2.03. The number of fused-ring (bicyclic) bond motifs is 1. The first-order chi connectivity index (χ1) is 5.29. The molecule has 2 aromatic rings. The molecule has 0 aliphatic heterocycles. The SMILES string of the molecule is Cc1nn2ccccc2c1Br. The lowest BCUT2D eigenvalue weighted by molar-refractivity contribution is 0.934. The Labute approximate surface area is 73.0 Å². The Morgan fingerprint density at radius 3 is 3.00 bits per heavy atom. The van der Waals surface area contributed by atoms with Gasteiger partial charge >= 0.3 is 0 Å². The van der Waals surface area contributed by atoms with Crippen molar-refractivity contribution in [3.05, 3.63) is 34.6 Å². The number of rotatable bonds is 0. The van der Waals surface area contributed by atoms with Crippen molar-refractivity contribution < 1.29 is 0 Å². The Hall–Kier alpha value is -0.830. The third-order valence-electron chi connectivity index (χ3n) is 1.64. The van der Waals surface area contributed by atoms with Crippen molar-refractivity contribution in [1.82, 2.24) is 9.61 Å². The van der Waals surface area contributed by atoms with Crippen LogP contribution in [0.25, 0.3) is 5.52 Å². The Bertz CT molecular complexity index is 392. The summed E-state index contributed by atoms with van der Waals surface area (Å²) in [5.74, 6) is 0.